The number of alkyl halides is 6. The Hall–Kier alpha value is -2.71. The largest absolute Gasteiger partial charge is 0.481 e. The van der Waals surface area contributed by atoms with E-state index in [4.69, 9.17) is 5.11 Å². The van der Waals surface area contributed by atoms with E-state index in [1.807, 2.05) is 5.01 Å². The molecule has 5 aliphatic heterocycles. The Balaban J connectivity index is 1.63. The fourth-order valence-corrected chi connectivity index (χ4v) is 4.86. The molecule has 4 unspecified atom stereocenters. The summed E-state index contributed by atoms with van der Waals surface area (Å²) in [7, 11) is 0. The topological polar surface area (TPSA) is 93.2 Å². The van der Waals surface area contributed by atoms with Crippen molar-refractivity contribution in [3.05, 3.63) is 29.3 Å². The summed E-state index contributed by atoms with van der Waals surface area (Å²) >= 11 is 0. The Morgan fingerprint density at radius 3 is 1.97 bits per heavy atom. The van der Waals surface area contributed by atoms with E-state index in [9.17, 15) is 40.7 Å². The fourth-order valence-electron chi connectivity index (χ4n) is 4.86. The van der Waals surface area contributed by atoms with Gasteiger partial charge in [-0.05, 0) is 18.2 Å². The van der Waals surface area contributed by atoms with Crippen molar-refractivity contribution in [3.8, 4) is 0 Å². The minimum absolute atomic E-state index is 0.0367. The molecule has 34 heavy (non-hydrogen) atoms. The number of carbonyl (C=O) groups is 3. The van der Waals surface area contributed by atoms with Gasteiger partial charge >= 0.3 is 18.3 Å². The Morgan fingerprint density at radius 1 is 0.912 bits per heavy atom. The average molecular weight is 494 g/mol. The number of halogens is 6. The molecule has 1 amide bonds. The second-order valence-corrected chi connectivity index (χ2v) is 8.49. The van der Waals surface area contributed by atoms with Crippen LogP contribution < -0.4 is 5.32 Å². The van der Waals surface area contributed by atoms with Gasteiger partial charge < -0.3 is 10.4 Å². The number of amides is 1. The number of rotatable bonds is 5. The molecular weight excluding hydrogens is 474 g/mol. The van der Waals surface area contributed by atoms with Gasteiger partial charge in [0.25, 0.3) is 0 Å². The van der Waals surface area contributed by atoms with Crippen LogP contribution in [0.2, 0.25) is 0 Å². The van der Waals surface area contributed by atoms with Gasteiger partial charge in [0.15, 0.2) is 5.78 Å². The van der Waals surface area contributed by atoms with E-state index in [-0.39, 0.29) is 12.6 Å². The molecule has 1 aromatic rings. The van der Waals surface area contributed by atoms with Crippen molar-refractivity contribution in [3.63, 3.8) is 0 Å². The van der Waals surface area contributed by atoms with Crippen LogP contribution in [0.3, 0.4) is 0 Å². The molecule has 2 N–H and O–H groups in total. The summed E-state index contributed by atoms with van der Waals surface area (Å²) in [5.41, 5.74) is -3.81. The third-order valence-electron chi connectivity index (χ3n) is 6.36. The van der Waals surface area contributed by atoms with Gasteiger partial charge in [0, 0.05) is 44.3 Å². The molecule has 0 radical (unpaired) electrons. The summed E-state index contributed by atoms with van der Waals surface area (Å²) < 4.78 is 78.9. The number of carboxylic acid groups (broad SMARTS) is 1. The number of Topliss-reactive ketones (excluding diaryl/α,β-unsaturated/α-hetero) is 1. The standard InChI is InChI=1S/C20H20F6N4O4/c21-19(22,23)10-5-11(20(24,25)26)7-12(6-10)27-18(34)17-13-9-30(17)29-3-1-28(2-4-29)16(13)14(31)8-15(32)33/h5-7,13,16-17H,1-4,8-9H2,(H,27,34)(H,32,33). The number of ketones is 1. The number of carboxylic acids is 1. The molecule has 14 heteroatoms. The quantitative estimate of drug-likeness (QED) is 0.478. The number of aliphatic carboxylic acids is 1. The first-order valence-electron chi connectivity index (χ1n) is 10.4. The number of anilines is 1. The van der Waals surface area contributed by atoms with Crippen LogP contribution in [0.4, 0.5) is 32.0 Å². The van der Waals surface area contributed by atoms with Gasteiger partial charge in [-0.15, -0.1) is 0 Å². The van der Waals surface area contributed by atoms with Crippen molar-refractivity contribution in [1.29, 1.82) is 0 Å². The van der Waals surface area contributed by atoms with Gasteiger partial charge in [0.05, 0.1) is 17.2 Å². The van der Waals surface area contributed by atoms with Crippen molar-refractivity contribution in [2.75, 3.05) is 38.0 Å². The van der Waals surface area contributed by atoms with Crippen LogP contribution >= 0.6 is 0 Å². The first-order chi connectivity index (χ1) is 15.8. The molecule has 1 aromatic carbocycles. The molecule has 5 aliphatic rings. The van der Waals surface area contributed by atoms with Crippen LogP contribution in [0.15, 0.2) is 18.2 Å². The van der Waals surface area contributed by atoms with E-state index >= 15 is 0 Å². The number of nitrogens with zero attached hydrogens (tertiary/aromatic N) is 3. The Bertz CT molecular complexity index is 974. The second-order valence-electron chi connectivity index (χ2n) is 8.49. The lowest BCUT2D eigenvalue weighted by Gasteiger charge is -2.60. The molecule has 4 bridgehead atoms. The molecule has 4 atom stereocenters. The Kier molecular flexibility index (Phi) is 6.10. The summed E-state index contributed by atoms with van der Waals surface area (Å²) in [6.45, 7) is 2.03. The highest BCUT2D eigenvalue weighted by Crippen LogP contribution is 2.40. The molecule has 0 saturated carbocycles. The van der Waals surface area contributed by atoms with Crippen molar-refractivity contribution < 1.29 is 45.8 Å². The van der Waals surface area contributed by atoms with Crippen LogP contribution in [0.1, 0.15) is 17.5 Å². The smallest absolute Gasteiger partial charge is 0.416 e. The monoisotopic (exact) mass is 494 g/mol. The number of nitrogens with one attached hydrogen (secondary N) is 1. The predicted molar refractivity (Wildman–Crippen MR) is 103 cm³/mol. The Labute approximate surface area is 189 Å². The molecule has 0 aliphatic carbocycles. The molecule has 5 saturated heterocycles. The summed E-state index contributed by atoms with van der Waals surface area (Å²) in [6.07, 6.45) is -10.9. The highest BCUT2D eigenvalue weighted by Gasteiger charge is 2.56. The van der Waals surface area contributed by atoms with E-state index in [2.05, 4.69) is 5.32 Å². The molecule has 186 valence electrons. The van der Waals surface area contributed by atoms with E-state index in [1.54, 1.807) is 9.91 Å². The van der Waals surface area contributed by atoms with Gasteiger partial charge in [-0.1, -0.05) is 0 Å². The number of hydrogen-bond donors (Lipinski definition) is 2. The second kappa shape index (κ2) is 8.50. The van der Waals surface area contributed by atoms with Crippen molar-refractivity contribution in [1.82, 2.24) is 14.9 Å². The summed E-state index contributed by atoms with van der Waals surface area (Å²) in [4.78, 5) is 38.6. The highest BCUT2D eigenvalue weighted by atomic mass is 19.4. The number of hydrogen-bond acceptors (Lipinski definition) is 6. The van der Waals surface area contributed by atoms with Crippen molar-refractivity contribution in [2.45, 2.75) is 30.9 Å². The normalized spacial score (nSPS) is 30.6. The van der Waals surface area contributed by atoms with Crippen LogP contribution in [0.5, 0.6) is 0 Å². The van der Waals surface area contributed by atoms with Crippen LogP contribution in [0.25, 0.3) is 0 Å². The van der Waals surface area contributed by atoms with Gasteiger partial charge in [-0.2, -0.15) is 26.3 Å². The number of hydrazine groups is 1. The third-order valence-corrected chi connectivity index (χ3v) is 6.36. The van der Waals surface area contributed by atoms with Gasteiger partial charge in [-0.25, -0.2) is 10.0 Å². The van der Waals surface area contributed by atoms with E-state index in [0.717, 1.165) is 0 Å². The van der Waals surface area contributed by atoms with Gasteiger partial charge in [0.1, 0.15) is 12.5 Å². The number of carbonyl (C=O) groups excluding carboxylic acids is 2. The number of piperazine rings is 1. The number of fused-ring (bicyclic) bond motifs is 1. The zero-order valence-corrected chi connectivity index (χ0v) is 17.5. The average Bonchev–Trinajstić information content (AvgIpc) is 2.65. The van der Waals surface area contributed by atoms with Crippen LogP contribution in [-0.4, -0.2) is 82.5 Å². The molecule has 8 nitrogen and oxygen atoms in total. The number of benzene rings is 1. The minimum Gasteiger partial charge on any atom is -0.481 e. The van der Waals surface area contributed by atoms with Crippen LogP contribution in [0, 0.1) is 5.92 Å². The van der Waals surface area contributed by atoms with E-state index < -0.39 is 71.2 Å². The van der Waals surface area contributed by atoms with E-state index in [0.29, 0.717) is 38.3 Å². The SMILES string of the molecule is O=C(O)CC(=O)C1C2CN(C2C(=O)Nc2cc(C(F)(F)F)cc(C(F)(F)F)c2)N2CCN1CC2. The van der Waals surface area contributed by atoms with Crippen molar-refractivity contribution >= 4 is 23.3 Å². The summed E-state index contributed by atoms with van der Waals surface area (Å²) in [5, 5.41) is 14.7. The molecular formula is C20H20F6N4O4. The highest BCUT2D eigenvalue weighted by molar-refractivity contribution is 6.00. The van der Waals surface area contributed by atoms with Crippen LogP contribution in [-0.2, 0) is 26.7 Å². The predicted octanol–water partition coefficient (Wildman–Crippen LogP) is 1.92. The zero-order chi connectivity index (χ0) is 25.0. The lowest BCUT2D eigenvalue weighted by atomic mass is 9.78. The van der Waals surface area contributed by atoms with Crippen molar-refractivity contribution in [2.24, 2.45) is 5.92 Å². The summed E-state index contributed by atoms with van der Waals surface area (Å²) in [6, 6.07) is -1.14. The molecule has 0 aromatic heterocycles. The van der Waals surface area contributed by atoms with Gasteiger partial charge in [0.2, 0.25) is 5.91 Å². The maximum absolute atomic E-state index is 13.2. The van der Waals surface area contributed by atoms with E-state index in [1.165, 1.54) is 0 Å². The molecule has 5 heterocycles. The maximum atomic E-state index is 13.2. The molecule has 0 spiro atoms. The summed E-state index contributed by atoms with van der Waals surface area (Å²) in [5.74, 6) is -3.45. The first-order valence-corrected chi connectivity index (χ1v) is 10.4. The molecule has 5 fully saturated rings. The first kappa shape index (κ1) is 24.4. The lowest BCUT2D eigenvalue weighted by molar-refractivity contribution is -0.212. The maximum Gasteiger partial charge on any atom is 0.416 e. The fraction of sp³-hybridized carbons (Fsp3) is 0.550. The van der Waals surface area contributed by atoms with Gasteiger partial charge in [-0.3, -0.25) is 19.3 Å². The minimum atomic E-state index is -5.07. The molecule has 6 rings (SSSR count). The third kappa shape index (κ3) is 4.61. The Morgan fingerprint density at radius 2 is 1.47 bits per heavy atom. The lowest BCUT2D eigenvalue weighted by Crippen LogP contribution is -2.78. The zero-order valence-electron chi connectivity index (χ0n) is 17.5.